The highest BCUT2D eigenvalue weighted by Gasteiger charge is 2.41. The number of nitrogens with zero attached hydrogens (tertiary/aromatic N) is 2. The van der Waals surface area contributed by atoms with E-state index in [1.165, 1.54) is 20.7 Å². The summed E-state index contributed by atoms with van der Waals surface area (Å²) < 4.78 is 45.0. The van der Waals surface area contributed by atoms with Crippen molar-refractivity contribution in [2.75, 3.05) is 9.80 Å². The number of aryl methyl sites for hydroxylation is 3. The van der Waals surface area contributed by atoms with Crippen LogP contribution in [0.1, 0.15) is 49.9 Å². The van der Waals surface area contributed by atoms with Crippen molar-refractivity contribution in [1.29, 1.82) is 0 Å². The number of rotatable bonds is 11. The van der Waals surface area contributed by atoms with Crippen LogP contribution >= 0.6 is 11.6 Å². The molecule has 65 heavy (non-hydrogen) atoms. The summed E-state index contributed by atoms with van der Waals surface area (Å²) >= 11 is 7.98. The molecule has 0 saturated heterocycles. The van der Waals surface area contributed by atoms with Gasteiger partial charge in [-0.2, -0.15) is 0 Å². The maximum Gasteiger partial charge on any atom is 0.179 e. The molecule has 0 aliphatic heterocycles. The predicted octanol–water partition coefficient (Wildman–Crippen LogP) is 14.5. The van der Waals surface area contributed by atoms with Gasteiger partial charge in [0, 0.05) is 22.6 Å². The van der Waals surface area contributed by atoms with Crippen LogP contribution in [0, 0.1) is 20.8 Å². The summed E-state index contributed by atoms with van der Waals surface area (Å²) in [7, 11) is -2.93. The van der Waals surface area contributed by atoms with E-state index in [0.29, 0.717) is 22.0 Å². The van der Waals surface area contributed by atoms with Crippen LogP contribution in [0.2, 0.25) is 5.02 Å². The summed E-state index contributed by atoms with van der Waals surface area (Å²) in [5.74, 6) is 0. The Bertz CT molecular complexity index is 3150. The molecule has 0 aliphatic rings. The number of anilines is 6. The Labute approximate surface area is 399 Å². The highest BCUT2D eigenvalue weighted by Crippen LogP contribution is 2.49. The maximum atomic E-state index is 9.36. The van der Waals surface area contributed by atoms with Crippen molar-refractivity contribution >= 4 is 74.5 Å². The van der Waals surface area contributed by atoms with Gasteiger partial charge >= 0.3 is 0 Å². The standard InChI is InChI=1S/C61H55ClN2Si/c1-44-27-32-49(33-28-44)63(50-34-29-45(2)30-35-50)58-41-46(3)42-59(60(58)62)64(57-40-31-48(61(4,5)6)43-56(57)47-19-11-7-12-20-47)51-36-38-55(39-37-51)65(52-21-13-8-14-22-52,53-23-15-9-16-24-53)54-25-17-10-18-26-54/h7-43H,1-6H3/i7D,11D,12D,19D,20D. The normalized spacial score (nSPS) is 12.7. The molecule has 2 nitrogen and oxygen atoms in total. The van der Waals surface area contributed by atoms with Crippen molar-refractivity contribution in [3.8, 4) is 11.1 Å². The van der Waals surface area contributed by atoms with Gasteiger partial charge in [0.1, 0.15) is 0 Å². The molecule has 0 radical (unpaired) electrons. The highest BCUT2D eigenvalue weighted by molar-refractivity contribution is 7.19. The minimum absolute atomic E-state index is 0.113. The Balaban J connectivity index is 1.37. The van der Waals surface area contributed by atoms with Gasteiger partial charge in [0.15, 0.2) is 8.07 Å². The molecule has 320 valence electrons. The topological polar surface area (TPSA) is 6.48 Å². The molecule has 0 bridgehead atoms. The largest absolute Gasteiger partial charge is 0.309 e. The van der Waals surface area contributed by atoms with E-state index < -0.39 is 26.2 Å². The second kappa shape index (κ2) is 18.3. The fraction of sp³-hybridized carbons (Fsp3) is 0.115. The van der Waals surface area contributed by atoms with E-state index in [1.807, 2.05) is 12.1 Å². The van der Waals surface area contributed by atoms with E-state index in [2.05, 4.69) is 233 Å². The Morgan fingerprint density at radius 2 is 0.846 bits per heavy atom. The minimum atomic E-state index is -2.93. The fourth-order valence-electron chi connectivity index (χ4n) is 8.99. The molecule has 9 aromatic carbocycles. The summed E-state index contributed by atoms with van der Waals surface area (Å²) in [6, 6.07) is 66.4. The SMILES string of the molecule is [2H]c1c([2H])c([2H])c(-c2cc(C(C)(C)C)ccc2N(c2ccc([Si](c3ccccc3)(c3ccccc3)c3ccccc3)cc2)c2cc(C)cc(N(c3ccc(C)cc3)c3ccc(C)cc3)c2Cl)c([2H])c1[2H]. The molecule has 0 spiro atoms. The van der Waals surface area contributed by atoms with Crippen LogP contribution in [0.5, 0.6) is 0 Å². The first-order valence-corrected chi connectivity index (χ1v) is 24.5. The first-order valence-electron chi connectivity index (χ1n) is 24.6. The lowest BCUT2D eigenvalue weighted by Gasteiger charge is -2.35. The van der Waals surface area contributed by atoms with Gasteiger partial charge in [-0.25, -0.2) is 0 Å². The zero-order chi connectivity index (χ0) is 49.5. The molecule has 0 atom stereocenters. The van der Waals surface area contributed by atoms with E-state index in [9.17, 15) is 2.74 Å². The first kappa shape index (κ1) is 37.5. The summed E-state index contributed by atoms with van der Waals surface area (Å²) in [5, 5.41) is 5.38. The molecule has 0 N–H and O–H groups in total. The second-order valence-corrected chi connectivity index (χ2v) is 22.0. The van der Waals surface area contributed by atoms with Crippen molar-refractivity contribution < 1.29 is 6.85 Å². The zero-order valence-corrected chi connectivity index (χ0v) is 39.5. The molecule has 9 aromatic rings. The van der Waals surface area contributed by atoms with E-state index in [-0.39, 0.29) is 23.1 Å². The van der Waals surface area contributed by atoms with Crippen molar-refractivity contribution in [2.24, 2.45) is 0 Å². The molecule has 0 aliphatic carbocycles. The third-order valence-electron chi connectivity index (χ3n) is 12.3. The molecule has 0 amide bonds. The molecule has 0 aromatic heterocycles. The Hall–Kier alpha value is -6.91. The Kier molecular flexibility index (Phi) is 10.5. The van der Waals surface area contributed by atoms with Crippen LogP contribution < -0.4 is 30.5 Å². The Morgan fingerprint density at radius 1 is 0.431 bits per heavy atom. The van der Waals surface area contributed by atoms with Gasteiger partial charge < -0.3 is 9.80 Å². The minimum Gasteiger partial charge on any atom is -0.309 e. The van der Waals surface area contributed by atoms with Crippen LogP contribution in [-0.2, 0) is 5.41 Å². The number of hydrogen-bond donors (Lipinski definition) is 0. The van der Waals surface area contributed by atoms with E-state index in [0.717, 1.165) is 45.0 Å². The summed E-state index contributed by atoms with van der Waals surface area (Å²) in [4.78, 5) is 4.28. The summed E-state index contributed by atoms with van der Waals surface area (Å²) in [6.45, 7) is 12.5. The molecular weight excluding hydrogens is 824 g/mol. The van der Waals surface area contributed by atoms with Crippen LogP contribution in [0.4, 0.5) is 34.1 Å². The van der Waals surface area contributed by atoms with Gasteiger partial charge in [-0.1, -0.05) is 207 Å². The average Bonchev–Trinajstić information content (AvgIpc) is 3.37. The lowest BCUT2D eigenvalue weighted by atomic mass is 9.84. The van der Waals surface area contributed by atoms with Crippen LogP contribution in [0.25, 0.3) is 11.1 Å². The van der Waals surface area contributed by atoms with Gasteiger partial charge in [-0.3, -0.25) is 0 Å². The van der Waals surface area contributed by atoms with Gasteiger partial charge in [0.25, 0.3) is 0 Å². The number of halogens is 1. The van der Waals surface area contributed by atoms with Crippen molar-refractivity contribution in [3.05, 3.63) is 252 Å². The molecular formula is C61H55ClN2Si. The lowest BCUT2D eigenvalue weighted by molar-refractivity contribution is 0.590. The fourth-order valence-corrected chi connectivity index (χ4v) is 14.0. The zero-order valence-electron chi connectivity index (χ0n) is 42.7. The molecule has 0 fully saturated rings. The highest BCUT2D eigenvalue weighted by atomic mass is 35.5. The first-order chi connectivity index (χ1) is 33.6. The quantitative estimate of drug-likeness (QED) is 0.0943. The number of benzene rings is 9. The average molecular weight is 885 g/mol. The van der Waals surface area contributed by atoms with Gasteiger partial charge in [0.2, 0.25) is 0 Å². The van der Waals surface area contributed by atoms with Crippen LogP contribution in [0.3, 0.4) is 0 Å². The molecule has 0 saturated carbocycles. The van der Waals surface area contributed by atoms with Gasteiger partial charge in [-0.05, 0) is 124 Å². The monoisotopic (exact) mass is 883 g/mol. The lowest BCUT2D eigenvalue weighted by Crippen LogP contribution is -2.74. The predicted molar refractivity (Wildman–Crippen MR) is 283 cm³/mol. The van der Waals surface area contributed by atoms with Gasteiger partial charge in [-0.15, -0.1) is 0 Å². The van der Waals surface area contributed by atoms with Crippen molar-refractivity contribution in [2.45, 2.75) is 47.0 Å². The Morgan fingerprint density at radius 3 is 1.31 bits per heavy atom. The van der Waals surface area contributed by atoms with Crippen molar-refractivity contribution in [3.63, 3.8) is 0 Å². The van der Waals surface area contributed by atoms with E-state index >= 15 is 0 Å². The van der Waals surface area contributed by atoms with Crippen LogP contribution in [0.15, 0.2) is 224 Å². The van der Waals surface area contributed by atoms with Gasteiger partial charge in [0.05, 0.1) is 28.9 Å². The maximum absolute atomic E-state index is 9.36. The molecule has 9 rings (SSSR count). The van der Waals surface area contributed by atoms with E-state index in [1.54, 1.807) is 0 Å². The second-order valence-electron chi connectivity index (χ2n) is 17.8. The van der Waals surface area contributed by atoms with Crippen LogP contribution in [-0.4, -0.2) is 8.07 Å². The van der Waals surface area contributed by atoms with E-state index in [4.69, 9.17) is 15.7 Å². The molecule has 0 heterocycles. The third-order valence-corrected chi connectivity index (χ3v) is 17.5. The summed E-state index contributed by atoms with van der Waals surface area (Å²) in [6.07, 6.45) is 0. The molecule has 4 heteroatoms. The number of hydrogen-bond acceptors (Lipinski definition) is 2. The molecule has 0 unspecified atom stereocenters. The van der Waals surface area contributed by atoms with Crippen molar-refractivity contribution in [1.82, 2.24) is 0 Å². The summed E-state index contributed by atoms with van der Waals surface area (Å²) in [5.41, 5.74) is 9.07. The third kappa shape index (κ3) is 8.58. The smallest absolute Gasteiger partial charge is 0.179 e.